The van der Waals surface area contributed by atoms with E-state index >= 15 is 0 Å². The number of fused-ring (bicyclic) bond motifs is 1. The van der Waals surface area contributed by atoms with Gasteiger partial charge < -0.3 is 4.74 Å². The molecule has 0 atom stereocenters. The Balaban J connectivity index is 2.70. The maximum atomic E-state index is 12.9. The topological polar surface area (TPSA) is 48.3 Å². The molecule has 124 valence electrons. The minimum atomic E-state index is -4.53. The molecule has 0 fully saturated rings. The zero-order valence-corrected chi connectivity index (χ0v) is 13.1. The fourth-order valence-electron chi connectivity index (χ4n) is 2.31. The molecule has 1 heterocycles. The second-order valence-corrected chi connectivity index (χ2v) is 6.16. The Labute approximate surface area is 130 Å². The summed E-state index contributed by atoms with van der Waals surface area (Å²) in [6.45, 7) is 6.51. The monoisotopic (exact) mass is 327 g/mol. The average Bonchev–Trinajstić information content (AvgIpc) is 2.66. The molecule has 0 N–H and O–H groups in total. The number of ether oxygens (including phenoxy) is 1. The van der Waals surface area contributed by atoms with Crippen molar-refractivity contribution in [3.63, 3.8) is 0 Å². The largest absolute Gasteiger partial charge is 0.443 e. The zero-order valence-electron chi connectivity index (χ0n) is 13.1. The maximum absolute atomic E-state index is 12.9. The molecule has 0 saturated heterocycles. The first-order valence-electron chi connectivity index (χ1n) is 6.86. The second-order valence-electron chi connectivity index (χ2n) is 6.16. The molecule has 0 spiro atoms. The molecule has 0 unspecified atom stereocenters. The van der Waals surface area contributed by atoms with Crippen molar-refractivity contribution in [2.24, 2.45) is 0 Å². The summed E-state index contributed by atoms with van der Waals surface area (Å²) in [6, 6.07) is 2.91. The first-order valence-corrected chi connectivity index (χ1v) is 6.86. The lowest BCUT2D eigenvalue weighted by Crippen LogP contribution is -2.27. The molecule has 4 nitrogen and oxygen atoms in total. The Morgan fingerprint density at radius 1 is 1.22 bits per heavy atom. The van der Waals surface area contributed by atoms with Gasteiger partial charge in [0, 0.05) is 16.6 Å². The smallest absolute Gasteiger partial charge is 0.419 e. The van der Waals surface area contributed by atoms with E-state index in [1.54, 1.807) is 20.8 Å². The molecule has 2 aromatic rings. The number of benzene rings is 1. The van der Waals surface area contributed by atoms with E-state index in [4.69, 9.17) is 4.74 Å². The lowest BCUT2D eigenvalue weighted by Gasteiger charge is -2.20. The summed E-state index contributed by atoms with van der Waals surface area (Å²) >= 11 is 0. The quantitative estimate of drug-likeness (QED) is 0.721. The first kappa shape index (κ1) is 17.1. The Kier molecular flexibility index (Phi) is 4.00. The number of hydrogen-bond donors (Lipinski definition) is 0. The number of aromatic nitrogens is 1. The van der Waals surface area contributed by atoms with Crippen molar-refractivity contribution in [1.82, 2.24) is 4.57 Å². The number of hydrogen-bond acceptors (Lipinski definition) is 3. The van der Waals surface area contributed by atoms with Gasteiger partial charge in [0.1, 0.15) is 5.60 Å². The van der Waals surface area contributed by atoms with Gasteiger partial charge in [0.25, 0.3) is 0 Å². The van der Waals surface area contributed by atoms with Crippen LogP contribution in [-0.2, 0) is 10.9 Å². The van der Waals surface area contributed by atoms with E-state index in [2.05, 4.69) is 0 Å². The number of carbonyl (C=O) groups is 2. The van der Waals surface area contributed by atoms with Crippen LogP contribution in [0.5, 0.6) is 0 Å². The van der Waals surface area contributed by atoms with Crippen molar-refractivity contribution >= 4 is 23.3 Å². The molecular weight excluding hydrogens is 311 g/mol. The van der Waals surface area contributed by atoms with Gasteiger partial charge in [-0.1, -0.05) is 0 Å². The third-order valence-electron chi connectivity index (χ3n) is 3.27. The fraction of sp³-hybridized carbons (Fsp3) is 0.375. The van der Waals surface area contributed by atoms with Crippen LogP contribution in [0.2, 0.25) is 0 Å². The van der Waals surface area contributed by atoms with E-state index in [1.165, 1.54) is 13.0 Å². The van der Waals surface area contributed by atoms with Gasteiger partial charge in [-0.25, -0.2) is 9.36 Å². The van der Waals surface area contributed by atoms with Gasteiger partial charge in [-0.15, -0.1) is 0 Å². The molecule has 1 aromatic heterocycles. The van der Waals surface area contributed by atoms with E-state index in [0.29, 0.717) is 6.29 Å². The molecule has 2 rings (SSSR count). The number of nitrogens with zero attached hydrogens (tertiary/aromatic N) is 1. The van der Waals surface area contributed by atoms with Crippen molar-refractivity contribution in [2.75, 3.05) is 0 Å². The van der Waals surface area contributed by atoms with Crippen molar-refractivity contribution in [2.45, 2.75) is 39.5 Å². The number of carbonyl (C=O) groups excluding carboxylic acids is 2. The summed E-state index contributed by atoms with van der Waals surface area (Å²) in [6.07, 6.45) is -4.83. The third kappa shape index (κ3) is 3.23. The highest BCUT2D eigenvalue weighted by atomic mass is 19.4. The molecule has 0 radical (unpaired) electrons. The maximum Gasteiger partial charge on any atom is 0.419 e. The van der Waals surface area contributed by atoms with Crippen molar-refractivity contribution < 1.29 is 27.5 Å². The van der Waals surface area contributed by atoms with Crippen molar-refractivity contribution in [3.05, 3.63) is 35.0 Å². The van der Waals surface area contributed by atoms with Crippen LogP contribution >= 0.6 is 0 Å². The summed E-state index contributed by atoms with van der Waals surface area (Å²) in [5.41, 5.74) is -1.17. The van der Waals surface area contributed by atoms with Gasteiger partial charge in [0.05, 0.1) is 11.1 Å². The standard InChI is InChI=1S/C16H16F3NO3/c1-9-12(8-21)11-7-10(16(17,18)19)5-6-13(11)20(9)14(22)23-15(2,3)4/h5-8H,1-4H3. The normalized spacial score (nSPS) is 12.5. The van der Waals surface area contributed by atoms with Gasteiger partial charge in [0.2, 0.25) is 0 Å². The van der Waals surface area contributed by atoms with Crippen LogP contribution in [0, 0.1) is 6.92 Å². The van der Waals surface area contributed by atoms with Crippen LogP contribution in [0.1, 0.15) is 42.4 Å². The predicted octanol–water partition coefficient (Wildman–Crippen LogP) is 4.56. The minimum Gasteiger partial charge on any atom is -0.443 e. The Morgan fingerprint density at radius 2 is 1.83 bits per heavy atom. The van der Waals surface area contributed by atoms with E-state index in [9.17, 15) is 22.8 Å². The predicted molar refractivity (Wildman–Crippen MR) is 78.7 cm³/mol. The first-order chi connectivity index (χ1) is 10.5. The van der Waals surface area contributed by atoms with E-state index in [-0.39, 0.29) is 22.2 Å². The summed E-state index contributed by atoms with van der Waals surface area (Å²) in [7, 11) is 0. The molecule has 23 heavy (non-hydrogen) atoms. The van der Waals surface area contributed by atoms with Gasteiger partial charge in [-0.05, 0) is 45.9 Å². The molecule has 1 aromatic carbocycles. The average molecular weight is 327 g/mol. The SMILES string of the molecule is Cc1c(C=O)c2cc(C(F)(F)F)ccc2n1C(=O)OC(C)(C)C. The molecule has 0 aliphatic rings. The Morgan fingerprint density at radius 3 is 2.30 bits per heavy atom. The molecule has 0 aliphatic carbocycles. The number of halogens is 3. The van der Waals surface area contributed by atoms with Gasteiger partial charge in [0.15, 0.2) is 6.29 Å². The minimum absolute atomic E-state index is 0.0389. The molecule has 0 amide bonds. The summed E-state index contributed by atoms with van der Waals surface area (Å²) < 4.78 is 44.9. The number of alkyl halides is 3. The Hall–Kier alpha value is -2.31. The van der Waals surface area contributed by atoms with Crippen LogP contribution in [0.25, 0.3) is 10.9 Å². The van der Waals surface area contributed by atoms with E-state index < -0.39 is 23.4 Å². The van der Waals surface area contributed by atoms with Gasteiger partial charge in [-0.3, -0.25) is 4.79 Å². The van der Waals surface area contributed by atoms with Gasteiger partial charge >= 0.3 is 12.3 Å². The van der Waals surface area contributed by atoms with Crippen LogP contribution in [0.15, 0.2) is 18.2 Å². The van der Waals surface area contributed by atoms with Gasteiger partial charge in [-0.2, -0.15) is 13.2 Å². The third-order valence-corrected chi connectivity index (χ3v) is 3.27. The Bertz CT molecular complexity index is 782. The van der Waals surface area contributed by atoms with Crippen LogP contribution in [-0.4, -0.2) is 22.5 Å². The fourth-order valence-corrected chi connectivity index (χ4v) is 2.31. The summed E-state index contributed by atoms with van der Waals surface area (Å²) in [4.78, 5) is 23.6. The molecule has 7 heteroatoms. The van der Waals surface area contributed by atoms with Crippen LogP contribution in [0.4, 0.5) is 18.0 Å². The molecule has 0 aliphatic heterocycles. The highest BCUT2D eigenvalue weighted by Crippen LogP contribution is 2.34. The van der Waals surface area contributed by atoms with Crippen molar-refractivity contribution in [1.29, 1.82) is 0 Å². The second kappa shape index (κ2) is 5.40. The van der Waals surface area contributed by atoms with Crippen LogP contribution < -0.4 is 0 Å². The summed E-state index contributed by atoms with van der Waals surface area (Å²) in [5.74, 6) is 0. The highest BCUT2D eigenvalue weighted by Gasteiger charge is 2.32. The highest BCUT2D eigenvalue weighted by molar-refractivity contribution is 6.03. The number of rotatable bonds is 1. The molecule has 0 saturated carbocycles. The molecular formula is C16H16F3NO3. The lowest BCUT2D eigenvalue weighted by atomic mass is 10.1. The summed E-state index contributed by atoms with van der Waals surface area (Å²) in [5, 5.41) is 0.0678. The van der Waals surface area contributed by atoms with Crippen molar-refractivity contribution in [3.8, 4) is 0 Å². The van der Waals surface area contributed by atoms with Crippen LogP contribution in [0.3, 0.4) is 0 Å². The lowest BCUT2D eigenvalue weighted by molar-refractivity contribution is -0.137. The number of aldehydes is 1. The zero-order chi connectivity index (χ0) is 17.6. The van der Waals surface area contributed by atoms with E-state index in [1.807, 2.05) is 0 Å². The molecule has 0 bridgehead atoms. The van der Waals surface area contributed by atoms with E-state index in [0.717, 1.165) is 16.7 Å².